The third-order valence-corrected chi connectivity index (χ3v) is 2.40. The molecule has 0 aromatic carbocycles. The molecule has 0 unspecified atom stereocenters. The smallest absolute Gasteiger partial charge is 0.128 e. The highest BCUT2D eigenvalue weighted by atomic mass is 79.9. The molecule has 0 radical (unpaired) electrons. The van der Waals surface area contributed by atoms with Gasteiger partial charge in [-0.3, -0.25) is 0 Å². The number of nitrogens with zero attached hydrogens (tertiary/aromatic N) is 2. The van der Waals surface area contributed by atoms with E-state index in [9.17, 15) is 4.79 Å². The molecule has 3 nitrogen and oxygen atoms in total. The molecule has 1 aromatic rings. The van der Waals surface area contributed by atoms with Crippen LogP contribution < -0.4 is 0 Å². The minimum Gasteiger partial charge on any atom is -0.303 e. The molecule has 0 amide bonds. The van der Waals surface area contributed by atoms with Gasteiger partial charge in [0.2, 0.25) is 0 Å². The lowest BCUT2D eigenvalue weighted by atomic mass is 10.1. The Morgan fingerprint density at radius 2 is 2.29 bits per heavy atom. The van der Waals surface area contributed by atoms with Gasteiger partial charge < -0.3 is 4.79 Å². The van der Waals surface area contributed by atoms with Gasteiger partial charge in [-0.15, -0.1) is 0 Å². The fraction of sp³-hybridized carbons (Fsp3) is 0.500. The minimum absolute atomic E-state index is 0.341. The van der Waals surface area contributed by atoms with Crippen molar-refractivity contribution >= 4 is 22.2 Å². The number of aromatic nitrogens is 2. The van der Waals surface area contributed by atoms with Gasteiger partial charge in [0.25, 0.3) is 0 Å². The van der Waals surface area contributed by atoms with Crippen molar-refractivity contribution in [2.45, 2.75) is 26.7 Å². The summed E-state index contributed by atoms with van der Waals surface area (Å²) >= 11 is 3.31. The second-order valence-corrected chi connectivity index (χ2v) is 4.40. The molecule has 0 N–H and O–H groups in total. The van der Waals surface area contributed by atoms with Gasteiger partial charge in [0.15, 0.2) is 0 Å². The Morgan fingerprint density at radius 3 is 2.86 bits per heavy atom. The minimum atomic E-state index is 0.341. The van der Waals surface area contributed by atoms with E-state index in [-0.39, 0.29) is 0 Å². The number of carbonyl (C=O) groups is 1. The summed E-state index contributed by atoms with van der Waals surface area (Å²) in [5, 5.41) is 0. The summed E-state index contributed by atoms with van der Waals surface area (Å²) < 4.78 is 0.803. The maximum atomic E-state index is 10.4. The summed E-state index contributed by atoms with van der Waals surface area (Å²) in [6.45, 7) is 4.23. The summed E-state index contributed by atoms with van der Waals surface area (Å²) in [5.41, 5.74) is 0.769. The van der Waals surface area contributed by atoms with E-state index in [2.05, 4.69) is 39.7 Å². The lowest BCUT2D eigenvalue weighted by Gasteiger charge is -2.05. The van der Waals surface area contributed by atoms with Gasteiger partial charge in [-0.05, 0) is 21.8 Å². The lowest BCUT2D eigenvalue weighted by molar-refractivity contribution is -0.107. The van der Waals surface area contributed by atoms with E-state index < -0.39 is 0 Å². The SMILES string of the molecule is CC(C)Cc1ncc(Br)c(CC=O)n1. The van der Waals surface area contributed by atoms with Crippen molar-refractivity contribution in [2.75, 3.05) is 0 Å². The molecule has 0 bridgehead atoms. The van der Waals surface area contributed by atoms with E-state index in [1.54, 1.807) is 6.20 Å². The fourth-order valence-corrected chi connectivity index (χ4v) is 1.48. The molecule has 0 aliphatic heterocycles. The van der Waals surface area contributed by atoms with Crippen LogP contribution in [-0.2, 0) is 17.6 Å². The van der Waals surface area contributed by atoms with Gasteiger partial charge in [0.05, 0.1) is 10.2 Å². The van der Waals surface area contributed by atoms with Crippen LogP contribution in [0, 0.1) is 5.92 Å². The highest BCUT2D eigenvalue weighted by molar-refractivity contribution is 9.10. The highest BCUT2D eigenvalue weighted by Crippen LogP contribution is 2.14. The zero-order chi connectivity index (χ0) is 10.6. The maximum absolute atomic E-state index is 10.4. The van der Waals surface area contributed by atoms with E-state index in [0.29, 0.717) is 12.3 Å². The first-order chi connectivity index (χ1) is 6.63. The number of carbonyl (C=O) groups excluding carboxylic acids is 1. The molecule has 0 aliphatic carbocycles. The summed E-state index contributed by atoms with van der Waals surface area (Å²) in [4.78, 5) is 18.9. The Kier molecular flexibility index (Phi) is 4.20. The van der Waals surface area contributed by atoms with Crippen molar-refractivity contribution in [1.82, 2.24) is 9.97 Å². The van der Waals surface area contributed by atoms with Crippen molar-refractivity contribution in [3.8, 4) is 0 Å². The van der Waals surface area contributed by atoms with Gasteiger partial charge in [0, 0.05) is 19.0 Å². The van der Waals surface area contributed by atoms with Crippen LogP contribution >= 0.6 is 15.9 Å². The van der Waals surface area contributed by atoms with E-state index >= 15 is 0 Å². The Morgan fingerprint density at radius 1 is 1.57 bits per heavy atom. The summed E-state index contributed by atoms with van der Waals surface area (Å²) in [5.74, 6) is 1.33. The first kappa shape index (κ1) is 11.3. The number of rotatable bonds is 4. The average molecular weight is 257 g/mol. The number of aldehydes is 1. The van der Waals surface area contributed by atoms with E-state index in [0.717, 1.165) is 28.7 Å². The number of hydrogen-bond acceptors (Lipinski definition) is 3. The lowest BCUT2D eigenvalue weighted by Crippen LogP contribution is -2.04. The molecular weight excluding hydrogens is 244 g/mol. The molecule has 14 heavy (non-hydrogen) atoms. The van der Waals surface area contributed by atoms with Crippen molar-refractivity contribution in [3.63, 3.8) is 0 Å². The van der Waals surface area contributed by atoms with Crippen molar-refractivity contribution in [3.05, 3.63) is 22.2 Å². The zero-order valence-corrected chi connectivity index (χ0v) is 9.91. The Bertz CT molecular complexity index is 326. The summed E-state index contributed by atoms with van der Waals surface area (Å²) in [6.07, 6.45) is 3.75. The Balaban J connectivity index is 2.88. The Labute approximate surface area is 92.1 Å². The van der Waals surface area contributed by atoms with Crippen LogP contribution in [0.3, 0.4) is 0 Å². The van der Waals surface area contributed by atoms with Crippen LogP contribution in [0.25, 0.3) is 0 Å². The zero-order valence-electron chi connectivity index (χ0n) is 8.33. The van der Waals surface area contributed by atoms with Gasteiger partial charge >= 0.3 is 0 Å². The third kappa shape index (κ3) is 3.18. The van der Waals surface area contributed by atoms with Crippen molar-refractivity contribution in [1.29, 1.82) is 0 Å². The molecule has 0 atom stereocenters. The molecule has 1 heterocycles. The quantitative estimate of drug-likeness (QED) is 0.776. The van der Waals surface area contributed by atoms with Crippen molar-refractivity contribution in [2.24, 2.45) is 5.92 Å². The third-order valence-electron chi connectivity index (χ3n) is 1.73. The van der Waals surface area contributed by atoms with E-state index in [4.69, 9.17) is 0 Å². The predicted molar refractivity (Wildman–Crippen MR) is 58.0 cm³/mol. The molecule has 0 spiro atoms. The monoisotopic (exact) mass is 256 g/mol. The van der Waals surface area contributed by atoms with Gasteiger partial charge in [-0.25, -0.2) is 9.97 Å². The highest BCUT2D eigenvalue weighted by Gasteiger charge is 2.05. The molecule has 0 aliphatic rings. The molecular formula is C10H13BrN2O. The molecule has 0 saturated carbocycles. The van der Waals surface area contributed by atoms with E-state index in [1.807, 2.05) is 0 Å². The maximum Gasteiger partial charge on any atom is 0.128 e. The first-order valence-corrected chi connectivity index (χ1v) is 5.36. The average Bonchev–Trinajstić information content (AvgIpc) is 2.10. The molecule has 1 aromatic heterocycles. The Hall–Kier alpha value is -0.770. The van der Waals surface area contributed by atoms with Crippen molar-refractivity contribution < 1.29 is 4.79 Å². The molecule has 0 fully saturated rings. The van der Waals surface area contributed by atoms with Gasteiger partial charge in [0.1, 0.15) is 12.1 Å². The molecule has 76 valence electrons. The van der Waals surface area contributed by atoms with Crippen LogP contribution in [-0.4, -0.2) is 16.3 Å². The van der Waals surface area contributed by atoms with Gasteiger partial charge in [-0.1, -0.05) is 13.8 Å². The first-order valence-electron chi connectivity index (χ1n) is 4.57. The topological polar surface area (TPSA) is 42.9 Å². The standard InChI is InChI=1S/C10H13BrN2O/c1-7(2)5-10-12-6-8(11)9(13-10)3-4-14/h4,6-7H,3,5H2,1-2H3. The van der Waals surface area contributed by atoms with E-state index in [1.165, 1.54) is 0 Å². The fourth-order valence-electron chi connectivity index (χ4n) is 1.13. The van der Waals surface area contributed by atoms with Gasteiger partial charge in [-0.2, -0.15) is 0 Å². The number of hydrogen-bond donors (Lipinski definition) is 0. The van der Waals surface area contributed by atoms with Crippen LogP contribution in [0.5, 0.6) is 0 Å². The predicted octanol–water partition coefficient (Wildman–Crippen LogP) is 2.18. The van der Waals surface area contributed by atoms with Crippen LogP contribution in [0.15, 0.2) is 10.7 Å². The second kappa shape index (κ2) is 5.20. The normalized spacial score (nSPS) is 10.6. The van der Waals surface area contributed by atoms with Crippen LogP contribution in [0.1, 0.15) is 25.4 Å². The van der Waals surface area contributed by atoms with Crippen LogP contribution in [0.4, 0.5) is 0 Å². The van der Waals surface area contributed by atoms with Crippen LogP contribution in [0.2, 0.25) is 0 Å². The summed E-state index contributed by atoms with van der Waals surface area (Å²) in [7, 11) is 0. The second-order valence-electron chi connectivity index (χ2n) is 3.55. The largest absolute Gasteiger partial charge is 0.303 e. The summed E-state index contributed by atoms with van der Waals surface area (Å²) in [6, 6.07) is 0. The molecule has 1 rings (SSSR count). The molecule has 0 saturated heterocycles. The number of halogens is 1. The molecule has 4 heteroatoms.